The van der Waals surface area contributed by atoms with E-state index in [4.69, 9.17) is 0 Å². The van der Waals surface area contributed by atoms with E-state index < -0.39 is 0 Å². The lowest BCUT2D eigenvalue weighted by atomic mass is 9.96. The molecule has 1 heterocycles. The van der Waals surface area contributed by atoms with Gasteiger partial charge in [-0.15, -0.1) is 0 Å². The van der Waals surface area contributed by atoms with Crippen LogP contribution in [0.15, 0.2) is 30.3 Å². The average molecular weight is 217 g/mol. The number of hydrogen-bond acceptors (Lipinski definition) is 1. The molecule has 16 heavy (non-hydrogen) atoms. The molecule has 0 radical (unpaired) electrons. The molecule has 88 valence electrons. The summed E-state index contributed by atoms with van der Waals surface area (Å²) in [6.45, 7) is 7.22. The van der Waals surface area contributed by atoms with E-state index in [0.717, 1.165) is 5.92 Å². The third-order valence-corrected chi connectivity index (χ3v) is 3.46. The smallest absolute Gasteiger partial charge is 0.0350 e. The first-order valence-electron chi connectivity index (χ1n) is 6.56. The first-order valence-corrected chi connectivity index (χ1v) is 6.56. The minimum absolute atomic E-state index is 0.642. The van der Waals surface area contributed by atoms with Gasteiger partial charge in [0.05, 0.1) is 0 Å². The van der Waals surface area contributed by atoms with Gasteiger partial charge in [-0.2, -0.15) is 0 Å². The van der Waals surface area contributed by atoms with Gasteiger partial charge in [-0.05, 0) is 43.8 Å². The molecule has 0 aromatic heterocycles. The Balaban J connectivity index is 2.13. The standard InChI is InChI=1S/C15H23N/c1-13(2)12-15(16-10-6-7-11-16)14-8-4-3-5-9-14/h3-5,8-9,13,15H,6-7,10-12H2,1-2H3. The molecule has 0 saturated carbocycles. The van der Waals surface area contributed by atoms with E-state index >= 15 is 0 Å². The van der Waals surface area contributed by atoms with Crippen LogP contribution in [0.5, 0.6) is 0 Å². The van der Waals surface area contributed by atoms with Gasteiger partial charge in [0.1, 0.15) is 0 Å². The Morgan fingerprint density at radius 2 is 1.69 bits per heavy atom. The molecular formula is C15H23N. The molecule has 1 aromatic rings. The minimum Gasteiger partial charge on any atom is -0.296 e. The van der Waals surface area contributed by atoms with Crippen LogP contribution in [0.4, 0.5) is 0 Å². The zero-order valence-electron chi connectivity index (χ0n) is 10.5. The zero-order chi connectivity index (χ0) is 11.4. The molecule has 0 N–H and O–H groups in total. The highest BCUT2D eigenvalue weighted by molar-refractivity contribution is 5.19. The molecule has 0 spiro atoms. The Bertz CT molecular complexity index is 298. The van der Waals surface area contributed by atoms with Crippen molar-refractivity contribution in [2.45, 2.75) is 39.2 Å². The van der Waals surface area contributed by atoms with Crippen LogP contribution in [0.25, 0.3) is 0 Å². The lowest BCUT2D eigenvalue weighted by Crippen LogP contribution is -2.26. The van der Waals surface area contributed by atoms with E-state index in [1.165, 1.54) is 37.9 Å². The Morgan fingerprint density at radius 3 is 2.25 bits per heavy atom. The summed E-state index contributed by atoms with van der Waals surface area (Å²) in [4.78, 5) is 2.66. The summed E-state index contributed by atoms with van der Waals surface area (Å²) in [7, 11) is 0. The van der Waals surface area contributed by atoms with Gasteiger partial charge < -0.3 is 0 Å². The molecule has 1 unspecified atom stereocenters. The molecule has 2 rings (SSSR count). The molecule has 0 aliphatic carbocycles. The largest absolute Gasteiger partial charge is 0.296 e. The van der Waals surface area contributed by atoms with Gasteiger partial charge in [0.25, 0.3) is 0 Å². The van der Waals surface area contributed by atoms with Crippen molar-refractivity contribution in [3.05, 3.63) is 35.9 Å². The van der Waals surface area contributed by atoms with Crippen molar-refractivity contribution in [1.29, 1.82) is 0 Å². The first kappa shape index (κ1) is 11.7. The maximum Gasteiger partial charge on any atom is 0.0350 e. The van der Waals surface area contributed by atoms with E-state index in [2.05, 4.69) is 49.1 Å². The summed E-state index contributed by atoms with van der Waals surface area (Å²) in [5, 5.41) is 0. The molecule has 1 heteroatoms. The van der Waals surface area contributed by atoms with Crippen molar-refractivity contribution in [1.82, 2.24) is 4.90 Å². The van der Waals surface area contributed by atoms with Gasteiger partial charge in [0.2, 0.25) is 0 Å². The second kappa shape index (κ2) is 5.49. The topological polar surface area (TPSA) is 3.24 Å². The third kappa shape index (κ3) is 2.85. The van der Waals surface area contributed by atoms with Crippen LogP contribution in [0.1, 0.15) is 44.7 Å². The lowest BCUT2D eigenvalue weighted by molar-refractivity contribution is 0.215. The molecule has 1 aliphatic rings. The minimum atomic E-state index is 0.642. The zero-order valence-corrected chi connectivity index (χ0v) is 10.5. The van der Waals surface area contributed by atoms with E-state index in [0.29, 0.717) is 6.04 Å². The number of rotatable bonds is 4. The van der Waals surface area contributed by atoms with Crippen molar-refractivity contribution in [3.63, 3.8) is 0 Å². The molecule has 0 bridgehead atoms. The van der Waals surface area contributed by atoms with E-state index in [1.54, 1.807) is 0 Å². The Labute approximate surface area is 99.5 Å². The third-order valence-electron chi connectivity index (χ3n) is 3.46. The van der Waals surface area contributed by atoms with Crippen LogP contribution in [0.2, 0.25) is 0 Å². The summed E-state index contributed by atoms with van der Waals surface area (Å²) in [6, 6.07) is 11.7. The van der Waals surface area contributed by atoms with Gasteiger partial charge in [-0.3, -0.25) is 4.90 Å². The molecule has 1 saturated heterocycles. The average Bonchev–Trinajstić information content (AvgIpc) is 2.80. The van der Waals surface area contributed by atoms with E-state index in [1.807, 2.05) is 0 Å². The molecule has 1 aliphatic heterocycles. The summed E-state index contributed by atoms with van der Waals surface area (Å²) in [6.07, 6.45) is 4.03. The predicted octanol–water partition coefficient (Wildman–Crippen LogP) is 3.87. The Hall–Kier alpha value is -0.820. The second-order valence-electron chi connectivity index (χ2n) is 5.30. The highest BCUT2D eigenvalue weighted by Gasteiger charge is 2.23. The SMILES string of the molecule is CC(C)CC(c1ccccc1)N1CCCC1. The van der Waals surface area contributed by atoms with Crippen molar-refractivity contribution in [3.8, 4) is 0 Å². The summed E-state index contributed by atoms with van der Waals surface area (Å²) >= 11 is 0. The van der Waals surface area contributed by atoms with Crippen molar-refractivity contribution in [2.75, 3.05) is 13.1 Å². The fourth-order valence-electron chi connectivity index (χ4n) is 2.67. The fourth-order valence-corrected chi connectivity index (χ4v) is 2.67. The number of benzene rings is 1. The van der Waals surface area contributed by atoms with Gasteiger partial charge >= 0.3 is 0 Å². The van der Waals surface area contributed by atoms with Crippen LogP contribution in [-0.2, 0) is 0 Å². The summed E-state index contributed by atoms with van der Waals surface area (Å²) in [5.74, 6) is 0.769. The van der Waals surface area contributed by atoms with Crippen molar-refractivity contribution >= 4 is 0 Å². The van der Waals surface area contributed by atoms with Crippen LogP contribution < -0.4 is 0 Å². The van der Waals surface area contributed by atoms with Crippen LogP contribution in [-0.4, -0.2) is 18.0 Å². The highest BCUT2D eigenvalue weighted by atomic mass is 15.2. The van der Waals surface area contributed by atoms with Crippen molar-refractivity contribution < 1.29 is 0 Å². The Morgan fingerprint density at radius 1 is 1.06 bits per heavy atom. The van der Waals surface area contributed by atoms with Crippen molar-refractivity contribution in [2.24, 2.45) is 5.92 Å². The Kier molecular flexibility index (Phi) is 4.00. The molecule has 1 fully saturated rings. The highest BCUT2D eigenvalue weighted by Crippen LogP contribution is 2.30. The molecular weight excluding hydrogens is 194 g/mol. The maximum absolute atomic E-state index is 2.66. The predicted molar refractivity (Wildman–Crippen MR) is 69.4 cm³/mol. The van der Waals surface area contributed by atoms with Gasteiger partial charge in [0, 0.05) is 6.04 Å². The van der Waals surface area contributed by atoms with Gasteiger partial charge in [0.15, 0.2) is 0 Å². The summed E-state index contributed by atoms with van der Waals surface area (Å²) < 4.78 is 0. The molecule has 0 amide bonds. The quantitative estimate of drug-likeness (QED) is 0.740. The number of nitrogens with zero attached hydrogens (tertiary/aromatic N) is 1. The van der Waals surface area contributed by atoms with Gasteiger partial charge in [-0.1, -0.05) is 44.2 Å². The number of likely N-dealkylation sites (tertiary alicyclic amines) is 1. The van der Waals surface area contributed by atoms with Crippen LogP contribution >= 0.6 is 0 Å². The van der Waals surface area contributed by atoms with Gasteiger partial charge in [-0.25, -0.2) is 0 Å². The maximum atomic E-state index is 2.66. The van der Waals surface area contributed by atoms with E-state index in [-0.39, 0.29) is 0 Å². The molecule has 1 aromatic carbocycles. The molecule has 1 atom stereocenters. The van der Waals surface area contributed by atoms with E-state index in [9.17, 15) is 0 Å². The number of hydrogen-bond donors (Lipinski definition) is 0. The van der Waals surface area contributed by atoms with Crippen LogP contribution in [0, 0.1) is 5.92 Å². The van der Waals surface area contributed by atoms with Crippen LogP contribution in [0.3, 0.4) is 0 Å². The summed E-state index contributed by atoms with van der Waals surface area (Å²) in [5.41, 5.74) is 1.50. The normalized spacial score (nSPS) is 19.2. The monoisotopic (exact) mass is 217 g/mol. The lowest BCUT2D eigenvalue weighted by Gasteiger charge is -2.29. The fraction of sp³-hybridized carbons (Fsp3) is 0.600. The first-order chi connectivity index (χ1) is 7.77. The second-order valence-corrected chi connectivity index (χ2v) is 5.30. The molecule has 1 nitrogen and oxygen atoms in total.